The van der Waals surface area contributed by atoms with Crippen LogP contribution in [0.5, 0.6) is 0 Å². The van der Waals surface area contributed by atoms with Crippen LogP contribution >= 0.6 is 23.5 Å². The minimum Gasteiger partial charge on any atom is -0.355 e. The number of thioether (sulfide) groups is 2. The zero-order chi connectivity index (χ0) is 14.7. The Morgan fingerprint density at radius 1 is 1.60 bits per heavy atom. The van der Waals surface area contributed by atoms with Gasteiger partial charge in [0, 0.05) is 25.3 Å². The molecular weight excluding hydrogens is 294 g/mol. The third-order valence-corrected chi connectivity index (χ3v) is 5.23. The summed E-state index contributed by atoms with van der Waals surface area (Å²) in [7, 11) is 1.71. The van der Waals surface area contributed by atoms with E-state index < -0.39 is 0 Å². The summed E-state index contributed by atoms with van der Waals surface area (Å²) in [4.78, 5) is 29.1. The Kier molecular flexibility index (Phi) is 5.15. The molecule has 5 nitrogen and oxygen atoms in total. The van der Waals surface area contributed by atoms with E-state index in [1.54, 1.807) is 23.4 Å². The lowest BCUT2D eigenvalue weighted by atomic mass is 10.2. The molecule has 1 aromatic heterocycles. The first-order valence-electron chi connectivity index (χ1n) is 6.69. The fourth-order valence-electron chi connectivity index (χ4n) is 1.95. The molecule has 1 aromatic rings. The number of nitrogens with zero attached hydrogens (tertiary/aromatic N) is 2. The molecule has 1 aliphatic rings. The van der Waals surface area contributed by atoms with Crippen molar-refractivity contribution in [2.24, 2.45) is 7.05 Å². The van der Waals surface area contributed by atoms with E-state index in [0.29, 0.717) is 22.7 Å². The van der Waals surface area contributed by atoms with Gasteiger partial charge in [0.25, 0.3) is 5.56 Å². The number of hydrogen-bond acceptors (Lipinski definition) is 5. The third kappa shape index (κ3) is 3.38. The molecule has 0 aromatic carbocycles. The second kappa shape index (κ2) is 6.67. The highest BCUT2D eigenvalue weighted by atomic mass is 32.2. The lowest BCUT2D eigenvalue weighted by Gasteiger charge is -2.09. The number of amides is 1. The van der Waals surface area contributed by atoms with Crippen LogP contribution in [0.1, 0.15) is 26.0 Å². The molecule has 1 unspecified atom stereocenters. The molecule has 7 heteroatoms. The average molecular weight is 313 g/mol. The fraction of sp³-hybridized carbons (Fsp3) is 0.615. The lowest BCUT2D eigenvalue weighted by Crippen LogP contribution is -2.27. The average Bonchev–Trinajstić information content (AvgIpc) is 2.79. The molecule has 0 bridgehead atoms. The van der Waals surface area contributed by atoms with Crippen LogP contribution in [0.15, 0.2) is 14.8 Å². The Morgan fingerprint density at radius 2 is 2.35 bits per heavy atom. The topological polar surface area (TPSA) is 64.0 Å². The highest BCUT2D eigenvalue weighted by molar-refractivity contribution is 8.00. The van der Waals surface area contributed by atoms with E-state index in [-0.39, 0.29) is 11.5 Å². The van der Waals surface area contributed by atoms with Crippen molar-refractivity contribution < 1.29 is 4.79 Å². The molecular formula is C13H19N3O2S2. The van der Waals surface area contributed by atoms with Gasteiger partial charge in [-0.15, -0.1) is 11.8 Å². The summed E-state index contributed by atoms with van der Waals surface area (Å²) in [5, 5.41) is 3.84. The molecule has 0 spiro atoms. The maximum Gasteiger partial charge on any atom is 0.267 e. The van der Waals surface area contributed by atoms with E-state index in [4.69, 9.17) is 0 Å². The van der Waals surface area contributed by atoms with Gasteiger partial charge in [-0.3, -0.25) is 14.2 Å². The molecule has 1 amide bonds. The Hall–Kier alpha value is -0.950. The van der Waals surface area contributed by atoms with Crippen molar-refractivity contribution in [1.29, 1.82) is 0 Å². The molecule has 1 atom stereocenters. The highest BCUT2D eigenvalue weighted by Gasteiger charge is 2.25. The van der Waals surface area contributed by atoms with Crippen LogP contribution in [0.4, 0.5) is 0 Å². The van der Waals surface area contributed by atoms with Crippen LogP contribution in [0.2, 0.25) is 0 Å². The van der Waals surface area contributed by atoms with Gasteiger partial charge in [-0.1, -0.05) is 25.6 Å². The zero-order valence-electron chi connectivity index (χ0n) is 11.9. The number of hydrogen-bond donors (Lipinski definition) is 1. The predicted octanol–water partition coefficient (Wildman–Crippen LogP) is 1.44. The van der Waals surface area contributed by atoms with Crippen LogP contribution in [0.3, 0.4) is 0 Å². The number of rotatable bonds is 5. The van der Waals surface area contributed by atoms with E-state index in [0.717, 1.165) is 23.4 Å². The van der Waals surface area contributed by atoms with Crippen LogP contribution < -0.4 is 10.9 Å². The van der Waals surface area contributed by atoms with E-state index >= 15 is 0 Å². The number of carbonyl (C=O) groups is 1. The molecule has 1 aliphatic heterocycles. The molecule has 0 fully saturated rings. The first-order valence-corrected chi connectivity index (χ1v) is 8.55. The van der Waals surface area contributed by atoms with Crippen molar-refractivity contribution in [1.82, 2.24) is 14.9 Å². The van der Waals surface area contributed by atoms with Crippen LogP contribution in [-0.4, -0.2) is 33.0 Å². The summed E-state index contributed by atoms with van der Waals surface area (Å²) in [6.45, 7) is 4.79. The van der Waals surface area contributed by atoms with E-state index in [1.807, 2.05) is 6.92 Å². The Bertz CT molecular complexity index is 571. The van der Waals surface area contributed by atoms with E-state index in [2.05, 4.69) is 17.2 Å². The van der Waals surface area contributed by atoms with Crippen molar-refractivity contribution in [3.63, 3.8) is 0 Å². The summed E-state index contributed by atoms with van der Waals surface area (Å²) in [6.07, 6.45) is 1.74. The number of carbonyl (C=O) groups excluding carboxylic acids is 1. The molecule has 0 saturated carbocycles. The van der Waals surface area contributed by atoms with Gasteiger partial charge >= 0.3 is 0 Å². The smallest absolute Gasteiger partial charge is 0.267 e. The van der Waals surface area contributed by atoms with Crippen LogP contribution in [-0.2, 0) is 18.3 Å². The zero-order valence-corrected chi connectivity index (χ0v) is 13.6. The number of aromatic nitrogens is 2. The molecule has 2 heterocycles. The minimum atomic E-state index is -0.0191. The Morgan fingerprint density at radius 3 is 3.05 bits per heavy atom. The standard InChI is InChI=1S/C13H19N3O2S2/c1-4-5-14-10(17)7-19-13-15-9-6-8(2)20-11(9)12(18)16(13)3/h8H,4-7H2,1-3H3,(H,14,17). The van der Waals surface area contributed by atoms with Crippen LogP contribution in [0, 0.1) is 0 Å². The molecule has 0 radical (unpaired) electrons. The second-order valence-electron chi connectivity index (χ2n) is 4.81. The highest BCUT2D eigenvalue weighted by Crippen LogP contribution is 2.33. The maximum atomic E-state index is 12.2. The van der Waals surface area contributed by atoms with Gasteiger partial charge in [0.05, 0.1) is 16.3 Å². The first kappa shape index (κ1) is 15.4. The quantitative estimate of drug-likeness (QED) is 0.658. The van der Waals surface area contributed by atoms with Gasteiger partial charge < -0.3 is 5.32 Å². The van der Waals surface area contributed by atoms with Crippen molar-refractivity contribution in [2.45, 2.75) is 42.0 Å². The largest absolute Gasteiger partial charge is 0.355 e. The molecule has 20 heavy (non-hydrogen) atoms. The molecule has 110 valence electrons. The second-order valence-corrected chi connectivity index (χ2v) is 7.20. The summed E-state index contributed by atoms with van der Waals surface area (Å²) >= 11 is 2.91. The first-order chi connectivity index (χ1) is 9.52. The van der Waals surface area contributed by atoms with Gasteiger partial charge in [-0.25, -0.2) is 4.98 Å². The van der Waals surface area contributed by atoms with Gasteiger partial charge in [0.15, 0.2) is 5.16 Å². The van der Waals surface area contributed by atoms with Crippen LogP contribution in [0.25, 0.3) is 0 Å². The van der Waals surface area contributed by atoms with Gasteiger partial charge in [0.2, 0.25) is 5.91 Å². The number of fused-ring (bicyclic) bond motifs is 1. The number of nitrogens with one attached hydrogen (secondary N) is 1. The normalized spacial score (nSPS) is 17.1. The van der Waals surface area contributed by atoms with Gasteiger partial charge in [-0.05, 0) is 6.42 Å². The predicted molar refractivity (Wildman–Crippen MR) is 82.5 cm³/mol. The summed E-state index contributed by atoms with van der Waals surface area (Å²) in [5.41, 5.74) is 0.878. The van der Waals surface area contributed by atoms with E-state index in [9.17, 15) is 9.59 Å². The molecule has 1 N–H and O–H groups in total. The Balaban J connectivity index is 2.10. The van der Waals surface area contributed by atoms with E-state index in [1.165, 1.54) is 11.8 Å². The summed E-state index contributed by atoms with van der Waals surface area (Å²) in [5.74, 6) is 0.274. The lowest BCUT2D eigenvalue weighted by molar-refractivity contribution is -0.118. The molecule has 0 saturated heterocycles. The van der Waals surface area contributed by atoms with Gasteiger partial charge in [-0.2, -0.15) is 0 Å². The fourth-order valence-corrected chi connectivity index (χ4v) is 3.91. The SMILES string of the molecule is CCCNC(=O)CSc1nc2c(c(=O)n1C)SC(C)C2. The van der Waals surface area contributed by atoms with Crippen molar-refractivity contribution in [2.75, 3.05) is 12.3 Å². The van der Waals surface area contributed by atoms with Crippen molar-refractivity contribution in [3.8, 4) is 0 Å². The van der Waals surface area contributed by atoms with Crippen molar-refractivity contribution >= 4 is 29.4 Å². The summed E-state index contributed by atoms with van der Waals surface area (Å²) in [6, 6.07) is 0. The summed E-state index contributed by atoms with van der Waals surface area (Å²) < 4.78 is 1.54. The minimum absolute atomic E-state index is 0.000756. The van der Waals surface area contributed by atoms with Crippen molar-refractivity contribution in [3.05, 3.63) is 16.0 Å². The maximum absolute atomic E-state index is 12.2. The van der Waals surface area contributed by atoms with Gasteiger partial charge in [0.1, 0.15) is 0 Å². The third-order valence-electron chi connectivity index (χ3n) is 2.98. The molecule has 0 aliphatic carbocycles. The monoisotopic (exact) mass is 313 g/mol. The molecule has 2 rings (SSSR count). The Labute approximate surface area is 126 Å².